The van der Waals surface area contributed by atoms with Crippen molar-refractivity contribution in [3.05, 3.63) is 30.2 Å². The number of hydrogen-bond donors (Lipinski definition) is 1. The largest absolute Gasteiger partial charge is 0.399 e. The Kier molecular flexibility index (Phi) is 2.56. The van der Waals surface area contributed by atoms with Gasteiger partial charge >= 0.3 is 0 Å². The third-order valence-corrected chi connectivity index (χ3v) is 3.55. The van der Waals surface area contributed by atoms with Crippen molar-refractivity contribution in [2.75, 3.05) is 5.73 Å². The molecule has 0 saturated heterocycles. The second-order valence-corrected chi connectivity index (χ2v) is 6.26. The fourth-order valence-corrected chi connectivity index (χ4v) is 2.63. The molecule has 0 amide bonds. The molecule has 0 atom stereocenters. The van der Waals surface area contributed by atoms with Gasteiger partial charge in [0.05, 0.1) is 11.7 Å². The minimum Gasteiger partial charge on any atom is -0.399 e. The second kappa shape index (κ2) is 4.03. The molecule has 98 valence electrons. The van der Waals surface area contributed by atoms with Gasteiger partial charge in [0.15, 0.2) is 0 Å². The van der Waals surface area contributed by atoms with Crippen LogP contribution < -0.4 is 5.73 Å². The van der Waals surface area contributed by atoms with Crippen molar-refractivity contribution >= 4 is 28.1 Å². The summed E-state index contributed by atoms with van der Waals surface area (Å²) in [5, 5.41) is 6.18. The highest BCUT2D eigenvalue weighted by atomic mass is 32.1. The van der Waals surface area contributed by atoms with Gasteiger partial charge in [-0.3, -0.25) is 0 Å². The van der Waals surface area contributed by atoms with Gasteiger partial charge in [0.25, 0.3) is 0 Å². The summed E-state index contributed by atoms with van der Waals surface area (Å²) in [6.07, 6.45) is 1.81. The lowest BCUT2D eigenvalue weighted by Crippen LogP contribution is -2.13. The highest BCUT2D eigenvalue weighted by molar-refractivity contribution is 7.08. The standard InChI is InChI=1S/C13H15N5S/c1-13(2,3)11-16-12(19-17-11)18-10-6-9(14)5-4-8(10)7-15-18/h4-7H,14H2,1-3H3. The van der Waals surface area contributed by atoms with Gasteiger partial charge in [-0.25, -0.2) is 9.67 Å². The van der Waals surface area contributed by atoms with Gasteiger partial charge in [-0.1, -0.05) is 20.8 Å². The zero-order valence-electron chi connectivity index (χ0n) is 11.1. The van der Waals surface area contributed by atoms with Crippen molar-refractivity contribution in [1.29, 1.82) is 0 Å². The van der Waals surface area contributed by atoms with Gasteiger partial charge < -0.3 is 5.73 Å². The molecular formula is C13H15N5S. The summed E-state index contributed by atoms with van der Waals surface area (Å²) in [6, 6.07) is 5.73. The zero-order chi connectivity index (χ0) is 13.6. The first-order valence-corrected chi connectivity index (χ1v) is 6.80. The van der Waals surface area contributed by atoms with E-state index in [1.807, 2.05) is 24.4 Å². The van der Waals surface area contributed by atoms with E-state index in [2.05, 4.69) is 35.2 Å². The van der Waals surface area contributed by atoms with Gasteiger partial charge in [0.2, 0.25) is 5.13 Å². The number of fused-ring (bicyclic) bond motifs is 1. The lowest BCUT2D eigenvalue weighted by atomic mass is 9.96. The number of anilines is 1. The highest BCUT2D eigenvalue weighted by Gasteiger charge is 2.20. The molecule has 19 heavy (non-hydrogen) atoms. The van der Waals surface area contributed by atoms with Crippen molar-refractivity contribution < 1.29 is 0 Å². The minimum absolute atomic E-state index is 0.0588. The van der Waals surface area contributed by atoms with E-state index >= 15 is 0 Å². The molecule has 0 aliphatic carbocycles. The Bertz CT molecular complexity index is 735. The third-order valence-electron chi connectivity index (χ3n) is 2.86. The van der Waals surface area contributed by atoms with Crippen LogP contribution in [0.25, 0.3) is 16.0 Å². The van der Waals surface area contributed by atoms with Crippen LogP contribution in [0.2, 0.25) is 0 Å². The molecule has 6 heteroatoms. The van der Waals surface area contributed by atoms with Gasteiger partial charge in [0, 0.05) is 28.0 Å². The van der Waals surface area contributed by atoms with Crippen molar-refractivity contribution in [3.63, 3.8) is 0 Å². The highest BCUT2D eigenvalue weighted by Crippen LogP contribution is 2.25. The SMILES string of the molecule is CC(C)(C)c1nsc(-n2ncc3ccc(N)cc32)n1. The smallest absolute Gasteiger partial charge is 0.230 e. The molecular weight excluding hydrogens is 258 g/mol. The van der Waals surface area contributed by atoms with E-state index < -0.39 is 0 Å². The van der Waals surface area contributed by atoms with Gasteiger partial charge in [-0.05, 0) is 18.2 Å². The maximum atomic E-state index is 5.83. The quantitative estimate of drug-likeness (QED) is 0.692. The molecule has 2 aromatic heterocycles. The number of nitrogens with zero attached hydrogens (tertiary/aromatic N) is 4. The zero-order valence-corrected chi connectivity index (χ0v) is 11.9. The fraction of sp³-hybridized carbons (Fsp3) is 0.308. The third kappa shape index (κ3) is 2.08. The number of hydrogen-bond acceptors (Lipinski definition) is 5. The summed E-state index contributed by atoms with van der Waals surface area (Å²) in [4.78, 5) is 4.57. The molecule has 3 aromatic rings. The molecule has 0 unspecified atom stereocenters. The van der Waals surface area contributed by atoms with Crippen molar-refractivity contribution in [1.82, 2.24) is 19.1 Å². The van der Waals surface area contributed by atoms with Crippen LogP contribution in [0.3, 0.4) is 0 Å². The molecule has 0 fully saturated rings. The molecule has 0 aliphatic rings. The summed E-state index contributed by atoms with van der Waals surface area (Å²) in [5.74, 6) is 0.833. The predicted molar refractivity (Wildman–Crippen MR) is 77.6 cm³/mol. The van der Waals surface area contributed by atoms with Gasteiger partial charge in [-0.15, -0.1) is 0 Å². The molecule has 0 radical (unpaired) electrons. The topological polar surface area (TPSA) is 69.6 Å². The molecule has 0 aliphatic heterocycles. The fourth-order valence-electron chi connectivity index (χ4n) is 1.79. The number of nitrogen functional groups attached to an aromatic ring is 1. The summed E-state index contributed by atoms with van der Waals surface area (Å²) in [6.45, 7) is 6.29. The first-order chi connectivity index (χ1) is 8.95. The van der Waals surface area contributed by atoms with E-state index in [0.717, 1.165) is 27.5 Å². The molecule has 2 N–H and O–H groups in total. The molecule has 0 saturated carbocycles. The molecule has 3 rings (SSSR count). The Balaban J connectivity index is 2.14. The van der Waals surface area contributed by atoms with E-state index in [9.17, 15) is 0 Å². The Morgan fingerprint density at radius 1 is 1.26 bits per heavy atom. The monoisotopic (exact) mass is 273 g/mol. The van der Waals surface area contributed by atoms with Gasteiger partial charge in [-0.2, -0.15) is 9.47 Å². The van der Waals surface area contributed by atoms with Crippen molar-refractivity contribution in [2.45, 2.75) is 26.2 Å². The first-order valence-electron chi connectivity index (χ1n) is 6.03. The second-order valence-electron chi connectivity index (χ2n) is 5.53. The first kappa shape index (κ1) is 12.1. The van der Waals surface area contributed by atoms with E-state index in [1.165, 1.54) is 11.5 Å². The molecule has 2 heterocycles. The van der Waals surface area contributed by atoms with Crippen molar-refractivity contribution in [2.24, 2.45) is 0 Å². The van der Waals surface area contributed by atoms with Crippen molar-refractivity contribution in [3.8, 4) is 5.13 Å². The summed E-state index contributed by atoms with van der Waals surface area (Å²) in [7, 11) is 0. The van der Waals surface area contributed by atoms with Crippen LogP contribution in [0.4, 0.5) is 5.69 Å². The normalized spacial score (nSPS) is 12.2. The van der Waals surface area contributed by atoms with Crippen LogP contribution in [-0.4, -0.2) is 19.1 Å². The Hall–Kier alpha value is -1.95. The maximum Gasteiger partial charge on any atom is 0.230 e. The van der Waals surface area contributed by atoms with Crippen LogP contribution >= 0.6 is 11.5 Å². The summed E-state index contributed by atoms with van der Waals surface area (Å²) < 4.78 is 6.20. The number of aromatic nitrogens is 4. The average Bonchev–Trinajstić information content (AvgIpc) is 2.92. The Morgan fingerprint density at radius 2 is 2.05 bits per heavy atom. The van der Waals surface area contributed by atoms with E-state index in [4.69, 9.17) is 5.73 Å². The molecule has 1 aromatic carbocycles. The lowest BCUT2D eigenvalue weighted by Gasteiger charge is -2.12. The molecule has 0 spiro atoms. The minimum atomic E-state index is -0.0588. The molecule has 0 bridgehead atoms. The van der Waals surface area contributed by atoms with Crippen LogP contribution in [0, 0.1) is 0 Å². The van der Waals surface area contributed by atoms with Crippen LogP contribution in [0.1, 0.15) is 26.6 Å². The van der Waals surface area contributed by atoms with Gasteiger partial charge in [0.1, 0.15) is 5.82 Å². The number of nitrogens with two attached hydrogens (primary N) is 1. The summed E-state index contributed by atoms with van der Waals surface area (Å²) in [5.41, 5.74) is 7.44. The number of benzene rings is 1. The maximum absolute atomic E-state index is 5.83. The number of rotatable bonds is 1. The Labute approximate surface area is 115 Å². The predicted octanol–water partition coefficient (Wildman–Crippen LogP) is 2.76. The van der Waals surface area contributed by atoms with E-state index in [-0.39, 0.29) is 5.41 Å². The van der Waals surface area contributed by atoms with E-state index in [0.29, 0.717) is 0 Å². The van der Waals surface area contributed by atoms with Crippen LogP contribution in [0.5, 0.6) is 0 Å². The average molecular weight is 273 g/mol. The summed E-state index contributed by atoms with van der Waals surface area (Å²) >= 11 is 1.35. The lowest BCUT2D eigenvalue weighted by molar-refractivity contribution is 0.553. The van der Waals surface area contributed by atoms with E-state index in [1.54, 1.807) is 4.68 Å². The molecule has 5 nitrogen and oxygen atoms in total. The van der Waals surface area contributed by atoms with Crippen LogP contribution in [0.15, 0.2) is 24.4 Å². The van der Waals surface area contributed by atoms with Crippen LogP contribution in [-0.2, 0) is 5.41 Å². The Morgan fingerprint density at radius 3 is 2.74 bits per heavy atom.